The lowest BCUT2D eigenvalue weighted by atomic mass is 10.0. The molecule has 2 rings (SSSR count). The summed E-state index contributed by atoms with van der Waals surface area (Å²) in [6.45, 7) is 4.07. The zero-order valence-electron chi connectivity index (χ0n) is 11.3. The molecule has 1 aromatic rings. The first-order chi connectivity index (χ1) is 9.13. The van der Waals surface area contributed by atoms with Crippen LogP contribution in [0.3, 0.4) is 0 Å². The molecule has 1 aromatic carbocycles. The van der Waals surface area contributed by atoms with Gasteiger partial charge in [0.15, 0.2) is 0 Å². The lowest BCUT2D eigenvalue weighted by Crippen LogP contribution is -2.42. The number of rotatable bonds is 4. The SMILES string of the molecule is CC[C@H](C)C(=O)N1C(=O)OC[C@@H]1Cc1ccccc1. The van der Waals surface area contributed by atoms with E-state index in [9.17, 15) is 9.59 Å². The van der Waals surface area contributed by atoms with Gasteiger partial charge >= 0.3 is 6.09 Å². The molecular weight excluding hydrogens is 242 g/mol. The number of carbonyl (C=O) groups excluding carboxylic acids is 2. The highest BCUT2D eigenvalue weighted by atomic mass is 16.6. The van der Waals surface area contributed by atoms with Crippen molar-refractivity contribution in [1.29, 1.82) is 0 Å². The standard InChI is InChI=1S/C15H19NO3/c1-3-11(2)14(17)16-13(10-19-15(16)18)9-12-7-5-4-6-8-12/h4-8,11,13H,3,9-10H2,1-2H3/t11-,13-/m0/s1. The Bertz CT molecular complexity index is 458. The van der Waals surface area contributed by atoms with Gasteiger partial charge in [-0.1, -0.05) is 44.2 Å². The zero-order chi connectivity index (χ0) is 13.8. The Hall–Kier alpha value is -1.84. The first kappa shape index (κ1) is 13.6. The van der Waals surface area contributed by atoms with Gasteiger partial charge in [0.1, 0.15) is 6.61 Å². The van der Waals surface area contributed by atoms with Crippen molar-refractivity contribution in [2.45, 2.75) is 32.7 Å². The third-order valence-corrected chi connectivity index (χ3v) is 3.55. The van der Waals surface area contributed by atoms with E-state index in [4.69, 9.17) is 4.74 Å². The molecule has 1 aliphatic rings. The van der Waals surface area contributed by atoms with Gasteiger partial charge < -0.3 is 4.74 Å². The van der Waals surface area contributed by atoms with Gasteiger partial charge in [0.25, 0.3) is 0 Å². The third kappa shape index (κ3) is 2.95. The number of nitrogens with zero attached hydrogens (tertiary/aromatic N) is 1. The number of imide groups is 1. The molecule has 0 aromatic heterocycles. The largest absolute Gasteiger partial charge is 0.447 e. The lowest BCUT2D eigenvalue weighted by Gasteiger charge is -2.22. The van der Waals surface area contributed by atoms with Gasteiger partial charge in [-0.25, -0.2) is 9.69 Å². The minimum Gasteiger partial charge on any atom is -0.447 e. The second kappa shape index (κ2) is 5.87. The Morgan fingerprint density at radius 3 is 2.74 bits per heavy atom. The molecule has 4 nitrogen and oxygen atoms in total. The fraction of sp³-hybridized carbons (Fsp3) is 0.467. The number of hydrogen-bond donors (Lipinski definition) is 0. The van der Waals surface area contributed by atoms with E-state index in [1.807, 2.05) is 44.2 Å². The van der Waals surface area contributed by atoms with E-state index in [1.165, 1.54) is 4.90 Å². The Labute approximate surface area is 113 Å². The van der Waals surface area contributed by atoms with E-state index < -0.39 is 6.09 Å². The summed E-state index contributed by atoms with van der Waals surface area (Å²) in [6, 6.07) is 9.66. The molecule has 0 aliphatic carbocycles. The fourth-order valence-corrected chi connectivity index (χ4v) is 2.18. The van der Waals surface area contributed by atoms with Crippen molar-refractivity contribution in [3.05, 3.63) is 35.9 Å². The van der Waals surface area contributed by atoms with Crippen molar-refractivity contribution >= 4 is 12.0 Å². The number of amides is 2. The van der Waals surface area contributed by atoms with Gasteiger partial charge in [-0.2, -0.15) is 0 Å². The summed E-state index contributed by atoms with van der Waals surface area (Å²) in [4.78, 5) is 25.2. The van der Waals surface area contributed by atoms with Crippen LogP contribution in [0.4, 0.5) is 4.79 Å². The molecule has 1 heterocycles. The van der Waals surface area contributed by atoms with E-state index in [-0.39, 0.29) is 24.5 Å². The van der Waals surface area contributed by atoms with Crippen LogP contribution in [0.15, 0.2) is 30.3 Å². The Kier molecular flexibility index (Phi) is 4.20. The van der Waals surface area contributed by atoms with E-state index in [1.54, 1.807) is 0 Å². The van der Waals surface area contributed by atoms with Crippen molar-refractivity contribution in [3.8, 4) is 0 Å². The van der Waals surface area contributed by atoms with E-state index in [2.05, 4.69) is 0 Å². The minimum absolute atomic E-state index is 0.133. The van der Waals surface area contributed by atoms with Gasteiger partial charge in [-0.15, -0.1) is 0 Å². The molecule has 1 saturated heterocycles. The maximum Gasteiger partial charge on any atom is 0.416 e. The second-order valence-corrected chi connectivity index (χ2v) is 4.94. The van der Waals surface area contributed by atoms with Gasteiger partial charge in [0.2, 0.25) is 5.91 Å². The third-order valence-electron chi connectivity index (χ3n) is 3.55. The smallest absolute Gasteiger partial charge is 0.416 e. The van der Waals surface area contributed by atoms with Crippen molar-refractivity contribution in [2.24, 2.45) is 5.92 Å². The van der Waals surface area contributed by atoms with Gasteiger partial charge in [0, 0.05) is 5.92 Å². The van der Waals surface area contributed by atoms with Crippen LogP contribution >= 0.6 is 0 Å². The molecule has 0 spiro atoms. The summed E-state index contributed by atoms with van der Waals surface area (Å²) in [5.74, 6) is -0.283. The van der Waals surface area contributed by atoms with Crippen molar-refractivity contribution in [1.82, 2.24) is 4.90 Å². The minimum atomic E-state index is -0.508. The predicted molar refractivity (Wildman–Crippen MR) is 71.6 cm³/mol. The number of ether oxygens (including phenoxy) is 1. The molecule has 0 bridgehead atoms. The number of benzene rings is 1. The maximum atomic E-state index is 12.2. The van der Waals surface area contributed by atoms with E-state index in [0.29, 0.717) is 6.42 Å². The highest BCUT2D eigenvalue weighted by molar-refractivity contribution is 5.94. The average Bonchev–Trinajstić information content (AvgIpc) is 2.79. The molecule has 0 radical (unpaired) electrons. The summed E-state index contributed by atoms with van der Waals surface area (Å²) in [5, 5.41) is 0. The van der Waals surface area contributed by atoms with Crippen LogP contribution in [0, 0.1) is 5.92 Å². The average molecular weight is 261 g/mol. The first-order valence-corrected chi connectivity index (χ1v) is 6.67. The quantitative estimate of drug-likeness (QED) is 0.837. The van der Waals surface area contributed by atoms with Gasteiger partial charge in [0.05, 0.1) is 6.04 Å². The lowest BCUT2D eigenvalue weighted by molar-refractivity contribution is -0.132. The van der Waals surface area contributed by atoms with Crippen LogP contribution in [0.5, 0.6) is 0 Å². The fourth-order valence-electron chi connectivity index (χ4n) is 2.18. The number of carbonyl (C=O) groups is 2. The number of hydrogen-bond acceptors (Lipinski definition) is 3. The normalized spacial score (nSPS) is 20.2. The molecule has 1 fully saturated rings. The second-order valence-electron chi connectivity index (χ2n) is 4.94. The van der Waals surface area contributed by atoms with Crippen molar-refractivity contribution < 1.29 is 14.3 Å². The van der Waals surface area contributed by atoms with Crippen LogP contribution in [0.1, 0.15) is 25.8 Å². The molecular formula is C15H19NO3. The monoisotopic (exact) mass is 261 g/mol. The van der Waals surface area contributed by atoms with Crippen LogP contribution in [0.25, 0.3) is 0 Å². The van der Waals surface area contributed by atoms with Crippen LogP contribution in [0.2, 0.25) is 0 Å². The predicted octanol–water partition coefficient (Wildman–Crippen LogP) is 2.62. The van der Waals surface area contributed by atoms with E-state index in [0.717, 1.165) is 12.0 Å². The first-order valence-electron chi connectivity index (χ1n) is 6.67. The molecule has 2 amide bonds. The molecule has 4 heteroatoms. The van der Waals surface area contributed by atoms with Crippen molar-refractivity contribution in [2.75, 3.05) is 6.61 Å². The molecule has 0 N–H and O–H groups in total. The van der Waals surface area contributed by atoms with Crippen LogP contribution in [-0.2, 0) is 16.0 Å². The topological polar surface area (TPSA) is 46.6 Å². The summed E-state index contributed by atoms with van der Waals surface area (Å²) in [6.07, 6.45) is 0.862. The Balaban J connectivity index is 2.11. The summed E-state index contributed by atoms with van der Waals surface area (Å²) in [5.41, 5.74) is 1.10. The molecule has 2 atom stereocenters. The van der Waals surface area contributed by atoms with Crippen molar-refractivity contribution in [3.63, 3.8) is 0 Å². The van der Waals surface area contributed by atoms with Crippen LogP contribution < -0.4 is 0 Å². The molecule has 19 heavy (non-hydrogen) atoms. The van der Waals surface area contributed by atoms with Gasteiger partial charge in [-0.05, 0) is 18.4 Å². The molecule has 0 saturated carbocycles. The van der Waals surface area contributed by atoms with Crippen LogP contribution in [-0.4, -0.2) is 29.5 Å². The Morgan fingerprint density at radius 1 is 1.42 bits per heavy atom. The highest BCUT2D eigenvalue weighted by Gasteiger charge is 2.39. The molecule has 102 valence electrons. The summed E-state index contributed by atoms with van der Waals surface area (Å²) < 4.78 is 5.03. The maximum absolute atomic E-state index is 12.2. The molecule has 1 aliphatic heterocycles. The zero-order valence-corrected chi connectivity index (χ0v) is 11.3. The summed E-state index contributed by atoms with van der Waals surface area (Å²) in [7, 11) is 0. The summed E-state index contributed by atoms with van der Waals surface area (Å²) >= 11 is 0. The number of cyclic esters (lactones) is 1. The Morgan fingerprint density at radius 2 is 2.11 bits per heavy atom. The van der Waals surface area contributed by atoms with Gasteiger partial charge in [-0.3, -0.25) is 4.79 Å². The molecule has 0 unspecified atom stereocenters. The van der Waals surface area contributed by atoms with E-state index >= 15 is 0 Å². The highest BCUT2D eigenvalue weighted by Crippen LogP contribution is 2.20.